The first kappa shape index (κ1) is 14.0. The van der Waals surface area contributed by atoms with Gasteiger partial charge in [0, 0.05) is 12.2 Å². The summed E-state index contributed by atoms with van der Waals surface area (Å²) in [7, 11) is 0. The molecule has 0 amide bonds. The lowest BCUT2D eigenvalue weighted by Crippen LogP contribution is -2.20. The Bertz CT molecular complexity index is 347. The molecule has 96 valence electrons. The zero-order valence-electron chi connectivity index (χ0n) is 9.79. The molecule has 0 aliphatic heterocycles. The molecule has 1 rings (SSSR count). The van der Waals surface area contributed by atoms with Gasteiger partial charge in [0.2, 0.25) is 0 Å². The second kappa shape index (κ2) is 7.32. The average molecular weight is 245 g/mol. The third-order valence-electron chi connectivity index (χ3n) is 2.25. The van der Waals surface area contributed by atoms with Crippen LogP contribution in [0.15, 0.2) is 18.2 Å². The molecule has 0 spiro atoms. The minimum absolute atomic E-state index is 0.126. The smallest absolute Gasteiger partial charge is 0.163 e. The van der Waals surface area contributed by atoms with E-state index in [9.17, 15) is 8.78 Å². The Morgan fingerprint density at radius 3 is 2.65 bits per heavy atom. The largest absolute Gasteiger partial charge is 0.379 e. The molecule has 0 fully saturated rings. The summed E-state index contributed by atoms with van der Waals surface area (Å²) >= 11 is 0. The fraction of sp³-hybridized carbons (Fsp3) is 0.500. The average Bonchev–Trinajstić information content (AvgIpc) is 2.32. The van der Waals surface area contributed by atoms with E-state index in [4.69, 9.17) is 15.2 Å². The lowest BCUT2D eigenvalue weighted by molar-refractivity contribution is 0.0469. The van der Waals surface area contributed by atoms with Crippen LogP contribution in [-0.2, 0) is 9.47 Å². The van der Waals surface area contributed by atoms with E-state index in [2.05, 4.69) is 0 Å². The van der Waals surface area contributed by atoms with Gasteiger partial charge in [-0.25, -0.2) is 8.78 Å². The Hall–Kier alpha value is -1.04. The van der Waals surface area contributed by atoms with E-state index >= 15 is 0 Å². The van der Waals surface area contributed by atoms with Crippen LogP contribution in [0.25, 0.3) is 0 Å². The molecule has 0 aromatic heterocycles. The molecule has 0 saturated carbocycles. The van der Waals surface area contributed by atoms with Crippen LogP contribution in [0.2, 0.25) is 0 Å². The zero-order valence-corrected chi connectivity index (χ0v) is 9.79. The van der Waals surface area contributed by atoms with Crippen LogP contribution in [0.5, 0.6) is 0 Å². The highest BCUT2D eigenvalue weighted by Gasteiger charge is 2.14. The highest BCUT2D eigenvalue weighted by Crippen LogP contribution is 2.17. The zero-order chi connectivity index (χ0) is 12.7. The van der Waals surface area contributed by atoms with Crippen molar-refractivity contribution in [3.8, 4) is 0 Å². The minimum Gasteiger partial charge on any atom is -0.379 e. The molecule has 2 N–H and O–H groups in total. The monoisotopic (exact) mass is 245 g/mol. The van der Waals surface area contributed by atoms with Gasteiger partial charge in [-0.3, -0.25) is 0 Å². The summed E-state index contributed by atoms with van der Waals surface area (Å²) in [6, 6.07) is 3.26. The Kier molecular flexibility index (Phi) is 6.04. The molecule has 0 saturated heterocycles. The summed E-state index contributed by atoms with van der Waals surface area (Å²) in [5.41, 5.74) is 5.83. The molecule has 17 heavy (non-hydrogen) atoms. The second-order valence-corrected chi connectivity index (χ2v) is 3.52. The fourth-order valence-corrected chi connectivity index (χ4v) is 1.37. The van der Waals surface area contributed by atoms with Crippen molar-refractivity contribution < 1.29 is 18.3 Å². The first-order chi connectivity index (χ1) is 8.16. The number of hydrogen-bond acceptors (Lipinski definition) is 3. The van der Waals surface area contributed by atoms with Crippen LogP contribution in [0.1, 0.15) is 18.5 Å². The van der Waals surface area contributed by atoms with Gasteiger partial charge in [0.1, 0.15) is 0 Å². The summed E-state index contributed by atoms with van der Waals surface area (Å²) in [6.07, 6.45) is 0. The molecule has 0 heterocycles. The van der Waals surface area contributed by atoms with Crippen LogP contribution in [0.3, 0.4) is 0 Å². The van der Waals surface area contributed by atoms with Crippen LogP contribution in [0.4, 0.5) is 8.78 Å². The van der Waals surface area contributed by atoms with Gasteiger partial charge >= 0.3 is 0 Å². The highest BCUT2D eigenvalue weighted by atomic mass is 19.2. The Labute approximate surface area is 99.5 Å². The minimum atomic E-state index is -0.909. The van der Waals surface area contributed by atoms with E-state index in [-0.39, 0.29) is 12.2 Å². The van der Waals surface area contributed by atoms with E-state index in [0.29, 0.717) is 19.8 Å². The molecule has 0 aliphatic carbocycles. The van der Waals surface area contributed by atoms with E-state index in [1.165, 1.54) is 12.1 Å². The van der Waals surface area contributed by atoms with Crippen molar-refractivity contribution in [3.63, 3.8) is 0 Å². The van der Waals surface area contributed by atoms with Crippen molar-refractivity contribution in [2.75, 3.05) is 26.4 Å². The van der Waals surface area contributed by atoms with Gasteiger partial charge in [-0.15, -0.1) is 0 Å². The fourth-order valence-electron chi connectivity index (χ4n) is 1.37. The maximum absolute atomic E-state index is 13.3. The van der Waals surface area contributed by atoms with E-state index in [1.807, 2.05) is 6.92 Å². The number of benzene rings is 1. The Morgan fingerprint density at radius 1 is 1.24 bits per heavy atom. The number of ether oxygens (including phenoxy) is 2. The summed E-state index contributed by atoms with van der Waals surface area (Å²) < 4.78 is 36.6. The third kappa shape index (κ3) is 4.38. The van der Waals surface area contributed by atoms with Gasteiger partial charge in [-0.05, 0) is 13.0 Å². The molecular weight excluding hydrogens is 228 g/mol. The van der Waals surface area contributed by atoms with E-state index in [0.717, 1.165) is 6.07 Å². The maximum atomic E-state index is 13.3. The number of hydrogen-bond donors (Lipinski definition) is 1. The van der Waals surface area contributed by atoms with Crippen molar-refractivity contribution in [1.29, 1.82) is 0 Å². The van der Waals surface area contributed by atoms with Crippen LogP contribution in [-0.4, -0.2) is 26.4 Å². The molecule has 1 atom stereocenters. The van der Waals surface area contributed by atoms with Gasteiger partial charge in [0.05, 0.1) is 25.9 Å². The molecule has 1 aromatic rings. The molecule has 1 aromatic carbocycles. The van der Waals surface area contributed by atoms with Gasteiger partial charge in [-0.2, -0.15) is 0 Å². The molecule has 0 aliphatic rings. The number of rotatable bonds is 7. The highest BCUT2D eigenvalue weighted by molar-refractivity contribution is 5.22. The van der Waals surface area contributed by atoms with Crippen molar-refractivity contribution in [2.24, 2.45) is 5.73 Å². The summed E-state index contributed by atoms with van der Waals surface area (Å²) in [6.45, 7) is 3.49. The van der Waals surface area contributed by atoms with Crippen molar-refractivity contribution in [2.45, 2.75) is 13.0 Å². The van der Waals surface area contributed by atoms with Crippen LogP contribution < -0.4 is 5.73 Å². The predicted octanol–water partition coefficient (Wildman–Crippen LogP) is 2.02. The maximum Gasteiger partial charge on any atom is 0.163 e. The molecular formula is C12H17F2NO2. The van der Waals surface area contributed by atoms with Gasteiger partial charge in [0.25, 0.3) is 0 Å². The van der Waals surface area contributed by atoms with Crippen LogP contribution in [0, 0.1) is 11.6 Å². The lowest BCUT2D eigenvalue weighted by atomic mass is 10.1. The van der Waals surface area contributed by atoms with Crippen molar-refractivity contribution in [3.05, 3.63) is 35.4 Å². The quantitative estimate of drug-likeness (QED) is 0.747. The predicted molar refractivity (Wildman–Crippen MR) is 60.6 cm³/mol. The molecule has 3 nitrogen and oxygen atoms in total. The van der Waals surface area contributed by atoms with Crippen molar-refractivity contribution in [1.82, 2.24) is 0 Å². The number of nitrogens with two attached hydrogens (primary N) is 1. The standard InChI is InChI=1S/C12H17F2NO2/c1-2-16-6-7-17-8-11(15)9-4-3-5-10(13)12(9)14/h3-5,11H,2,6-8,15H2,1H3. The lowest BCUT2D eigenvalue weighted by Gasteiger charge is -2.13. The second-order valence-electron chi connectivity index (χ2n) is 3.52. The summed E-state index contributed by atoms with van der Waals surface area (Å²) in [5, 5.41) is 0. The summed E-state index contributed by atoms with van der Waals surface area (Å²) in [5.74, 6) is -1.80. The third-order valence-corrected chi connectivity index (χ3v) is 2.25. The molecule has 1 unspecified atom stereocenters. The van der Waals surface area contributed by atoms with E-state index in [1.54, 1.807) is 0 Å². The van der Waals surface area contributed by atoms with Gasteiger partial charge in [0.15, 0.2) is 11.6 Å². The topological polar surface area (TPSA) is 44.5 Å². The molecule has 5 heteroatoms. The first-order valence-corrected chi connectivity index (χ1v) is 5.51. The summed E-state index contributed by atoms with van der Waals surface area (Å²) in [4.78, 5) is 0. The Balaban J connectivity index is 2.41. The van der Waals surface area contributed by atoms with Crippen molar-refractivity contribution >= 4 is 0 Å². The first-order valence-electron chi connectivity index (χ1n) is 5.51. The van der Waals surface area contributed by atoms with Crippen LogP contribution >= 0.6 is 0 Å². The molecule has 0 bridgehead atoms. The number of halogens is 2. The SMILES string of the molecule is CCOCCOCC(N)c1cccc(F)c1F. The van der Waals surface area contributed by atoms with Gasteiger partial charge < -0.3 is 15.2 Å². The molecule has 0 radical (unpaired) electrons. The Morgan fingerprint density at radius 2 is 1.94 bits per heavy atom. The van der Waals surface area contributed by atoms with E-state index < -0.39 is 17.7 Å². The van der Waals surface area contributed by atoms with Gasteiger partial charge in [-0.1, -0.05) is 12.1 Å². The normalized spacial score (nSPS) is 12.7.